The van der Waals surface area contributed by atoms with E-state index in [4.69, 9.17) is 0 Å². The van der Waals surface area contributed by atoms with E-state index in [0.29, 0.717) is 0 Å². The summed E-state index contributed by atoms with van der Waals surface area (Å²) in [6, 6.07) is 1.58. The molecule has 0 amide bonds. The Morgan fingerprint density at radius 3 is 2.28 bits per heavy atom. The van der Waals surface area contributed by atoms with Crippen LogP contribution in [-0.2, 0) is 0 Å². The van der Waals surface area contributed by atoms with Gasteiger partial charge in [-0.1, -0.05) is 76.7 Å². The summed E-state index contributed by atoms with van der Waals surface area (Å²) >= 11 is 0. The van der Waals surface area contributed by atoms with E-state index in [1.807, 2.05) is 0 Å². The minimum Gasteiger partial charge on any atom is -0.0851 e. The van der Waals surface area contributed by atoms with E-state index in [1.165, 1.54) is 51.4 Å². The quantitative estimate of drug-likeness (QED) is 0.285. The van der Waals surface area contributed by atoms with Crippen molar-refractivity contribution in [2.45, 2.75) is 83.0 Å². The number of allylic oxidation sites excluding steroid dienone is 2. The van der Waals surface area contributed by atoms with Gasteiger partial charge in [-0.3, -0.25) is 0 Å². The van der Waals surface area contributed by atoms with E-state index in [9.17, 15) is 0 Å². The lowest BCUT2D eigenvalue weighted by Crippen LogP contribution is -2.34. The van der Waals surface area contributed by atoms with E-state index in [1.54, 1.807) is 6.04 Å². The fourth-order valence-corrected chi connectivity index (χ4v) is 8.10. The summed E-state index contributed by atoms with van der Waals surface area (Å²) in [5.74, 6) is 1.95. The Hall–Kier alpha value is -0.0431. The smallest absolute Gasteiger partial charge is 0.0510 e. The summed E-state index contributed by atoms with van der Waals surface area (Å²) in [5.41, 5.74) is 1.11. The van der Waals surface area contributed by atoms with Gasteiger partial charge in [0.2, 0.25) is 0 Å². The molecule has 1 heteroatoms. The third kappa shape index (κ3) is 3.50. The maximum Gasteiger partial charge on any atom is 0.0510 e. The minimum absolute atomic E-state index is 0.944. The molecule has 3 atom stereocenters. The molecule has 2 rings (SSSR count). The van der Waals surface area contributed by atoms with Crippen molar-refractivity contribution in [3.8, 4) is 0 Å². The highest BCUT2D eigenvalue weighted by molar-refractivity contribution is 6.79. The summed E-state index contributed by atoms with van der Waals surface area (Å²) in [4.78, 5) is 0. The highest BCUT2D eigenvalue weighted by Gasteiger charge is 2.44. The molecule has 0 aromatic rings. The number of fused-ring (bicyclic) bond motifs is 2. The third-order valence-corrected chi connectivity index (χ3v) is 9.77. The molecule has 0 N–H and O–H groups in total. The SMILES string of the molecule is CCCCCCCC[Si](C)(C)C1CC2C=CC1C2. The van der Waals surface area contributed by atoms with Gasteiger partial charge in [0.25, 0.3) is 0 Å². The van der Waals surface area contributed by atoms with Crippen LogP contribution in [0, 0.1) is 11.8 Å². The zero-order valence-electron chi connectivity index (χ0n) is 12.8. The van der Waals surface area contributed by atoms with Crippen LogP contribution in [0.25, 0.3) is 0 Å². The molecule has 0 aromatic heterocycles. The Labute approximate surface area is 115 Å². The van der Waals surface area contributed by atoms with Crippen molar-refractivity contribution in [2.75, 3.05) is 0 Å². The first kappa shape index (κ1) is 14.4. The molecule has 0 saturated heterocycles. The van der Waals surface area contributed by atoms with Crippen LogP contribution >= 0.6 is 0 Å². The normalized spacial score (nSPS) is 30.3. The molecular formula is C17H32Si. The molecule has 0 nitrogen and oxygen atoms in total. The van der Waals surface area contributed by atoms with Crippen LogP contribution < -0.4 is 0 Å². The van der Waals surface area contributed by atoms with E-state index in [-0.39, 0.29) is 0 Å². The van der Waals surface area contributed by atoms with Gasteiger partial charge in [0.05, 0.1) is 8.07 Å². The topological polar surface area (TPSA) is 0 Å². The van der Waals surface area contributed by atoms with Gasteiger partial charge in [-0.15, -0.1) is 0 Å². The first-order chi connectivity index (χ1) is 8.63. The van der Waals surface area contributed by atoms with Crippen LogP contribution in [0.15, 0.2) is 12.2 Å². The predicted molar refractivity (Wildman–Crippen MR) is 84.8 cm³/mol. The summed E-state index contributed by atoms with van der Waals surface area (Å²) < 4.78 is 0. The fourth-order valence-electron chi connectivity index (χ4n) is 4.23. The molecule has 3 unspecified atom stereocenters. The van der Waals surface area contributed by atoms with Crippen LogP contribution in [0.5, 0.6) is 0 Å². The minimum atomic E-state index is -0.944. The maximum absolute atomic E-state index is 2.66. The Morgan fingerprint density at radius 1 is 0.944 bits per heavy atom. The van der Waals surface area contributed by atoms with Crippen molar-refractivity contribution in [3.05, 3.63) is 12.2 Å². The molecule has 1 fully saturated rings. The summed E-state index contributed by atoms with van der Waals surface area (Å²) in [7, 11) is -0.944. The van der Waals surface area contributed by atoms with Gasteiger partial charge in [0.1, 0.15) is 0 Å². The maximum atomic E-state index is 2.66. The van der Waals surface area contributed by atoms with Crippen molar-refractivity contribution in [1.82, 2.24) is 0 Å². The molecule has 1 saturated carbocycles. The lowest BCUT2D eigenvalue weighted by molar-refractivity contribution is 0.614. The molecule has 0 aromatic carbocycles. The number of unbranched alkanes of at least 4 members (excludes halogenated alkanes) is 5. The molecule has 2 aliphatic carbocycles. The van der Waals surface area contributed by atoms with Crippen LogP contribution in [-0.4, -0.2) is 8.07 Å². The largest absolute Gasteiger partial charge is 0.0851 e. The van der Waals surface area contributed by atoms with E-state index in [2.05, 4.69) is 32.2 Å². The van der Waals surface area contributed by atoms with Gasteiger partial charge in [0.15, 0.2) is 0 Å². The Bertz CT molecular complexity index is 279. The van der Waals surface area contributed by atoms with Crippen LogP contribution in [0.2, 0.25) is 24.7 Å². The molecule has 0 radical (unpaired) electrons. The monoisotopic (exact) mass is 264 g/mol. The van der Waals surface area contributed by atoms with Crippen molar-refractivity contribution in [1.29, 1.82) is 0 Å². The number of hydrogen-bond donors (Lipinski definition) is 0. The van der Waals surface area contributed by atoms with Gasteiger partial charge in [-0.2, -0.15) is 0 Å². The molecule has 2 bridgehead atoms. The Morgan fingerprint density at radius 2 is 1.67 bits per heavy atom. The highest BCUT2D eigenvalue weighted by Crippen LogP contribution is 2.52. The summed E-state index contributed by atoms with van der Waals surface area (Å²) in [5, 5.41) is 0. The lowest BCUT2D eigenvalue weighted by Gasteiger charge is -2.34. The predicted octanol–water partition coefficient (Wildman–Crippen LogP) is 6.02. The molecule has 104 valence electrons. The van der Waals surface area contributed by atoms with Crippen LogP contribution in [0.3, 0.4) is 0 Å². The zero-order chi connectivity index (χ0) is 13.0. The van der Waals surface area contributed by atoms with E-state index < -0.39 is 8.07 Å². The highest BCUT2D eigenvalue weighted by atomic mass is 28.3. The van der Waals surface area contributed by atoms with Gasteiger partial charge < -0.3 is 0 Å². The van der Waals surface area contributed by atoms with Gasteiger partial charge in [0, 0.05) is 0 Å². The zero-order valence-corrected chi connectivity index (χ0v) is 13.8. The first-order valence-corrected chi connectivity index (χ1v) is 11.6. The molecule has 0 aliphatic heterocycles. The molecule has 18 heavy (non-hydrogen) atoms. The average Bonchev–Trinajstić information content (AvgIpc) is 2.96. The number of rotatable bonds is 8. The number of hydrogen-bond acceptors (Lipinski definition) is 0. The molecular weight excluding hydrogens is 232 g/mol. The third-order valence-electron chi connectivity index (χ3n) is 5.46. The molecule has 2 aliphatic rings. The second-order valence-corrected chi connectivity index (χ2v) is 12.6. The Kier molecular flexibility index (Phi) is 5.12. The van der Waals surface area contributed by atoms with Crippen molar-refractivity contribution in [2.24, 2.45) is 11.8 Å². The van der Waals surface area contributed by atoms with Crippen LogP contribution in [0.1, 0.15) is 58.3 Å². The summed E-state index contributed by atoms with van der Waals surface area (Å²) in [6.45, 7) is 7.63. The second kappa shape index (κ2) is 6.41. The average molecular weight is 265 g/mol. The van der Waals surface area contributed by atoms with Gasteiger partial charge in [-0.25, -0.2) is 0 Å². The van der Waals surface area contributed by atoms with Crippen LogP contribution in [0.4, 0.5) is 0 Å². The second-order valence-electron chi connectivity index (χ2n) is 7.39. The van der Waals surface area contributed by atoms with Crippen molar-refractivity contribution >= 4 is 8.07 Å². The first-order valence-electron chi connectivity index (χ1n) is 8.32. The fraction of sp³-hybridized carbons (Fsp3) is 0.882. The van der Waals surface area contributed by atoms with E-state index in [0.717, 1.165) is 17.4 Å². The summed E-state index contributed by atoms with van der Waals surface area (Å²) in [6.07, 6.45) is 16.9. The standard InChI is InChI=1S/C17H32Si/c1-4-5-6-7-8-9-12-18(2,3)17-14-15-10-11-16(17)13-15/h10-11,15-17H,4-9,12-14H2,1-3H3. The van der Waals surface area contributed by atoms with Gasteiger partial charge in [-0.05, 0) is 30.2 Å². The Balaban J connectivity index is 1.66. The van der Waals surface area contributed by atoms with Crippen molar-refractivity contribution in [3.63, 3.8) is 0 Å². The van der Waals surface area contributed by atoms with Gasteiger partial charge >= 0.3 is 0 Å². The van der Waals surface area contributed by atoms with Crippen molar-refractivity contribution < 1.29 is 0 Å². The molecule has 0 heterocycles. The molecule has 0 spiro atoms. The van der Waals surface area contributed by atoms with E-state index >= 15 is 0 Å². The lowest BCUT2D eigenvalue weighted by atomic mass is 10.1.